The summed E-state index contributed by atoms with van der Waals surface area (Å²) in [6.07, 6.45) is 7.37. The molecule has 0 aliphatic heterocycles. The highest BCUT2D eigenvalue weighted by Crippen LogP contribution is 2.38. The number of halogens is 1. The minimum Gasteiger partial charge on any atom is -0.386 e. The Morgan fingerprint density at radius 2 is 2.12 bits per heavy atom. The monoisotopic (exact) mass is 297 g/mol. The van der Waals surface area contributed by atoms with Gasteiger partial charge in [-0.1, -0.05) is 26.2 Å². The minimum absolute atomic E-state index is 0.379. The fourth-order valence-corrected chi connectivity index (χ4v) is 3.24. The van der Waals surface area contributed by atoms with E-state index in [0.717, 1.165) is 28.9 Å². The molecule has 0 spiro atoms. The number of hydrogen-bond donors (Lipinski definition) is 1. The zero-order valence-electron chi connectivity index (χ0n) is 10.3. The van der Waals surface area contributed by atoms with Gasteiger partial charge in [-0.3, -0.25) is 4.98 Å². The minimum atomic E-state index is -0.414. The fourth-order valence-electron chi connectivity index (χ4n) is 2.75. The van der Waals surface area contributed by atoms with Crippen molar-refractivity contribution in [1.82, 2.24) is 4.98 Å². The van der Waals surface area contributed by atoms with Gasteiger partial charge < -0.3 is 5.11 Å². The van der Waals surface area contributed by atoms with Gasteiger partial charge in [0.2, 0.25) is 0 Å². The summed E-state index contributed by atoms with van der Waals surface area (Å²) >= 11 is 3.47. The molecule has 0 saturated heterocycles. The maximum atomic E-state index is 10.4. The molecule has 0 amide bonds. The molecular formula is C14H20BrNO. The van der Waals surface area contributed by atoms with Crippen LogP contribution >= 0.6 is 15.9 Å². The topological polar surface area (TPSA) is 33.1 Å². The molecule has 1 fully saturated rings. The summed E-state index contributed by atoms with van der Waals surface area (Å²) in [6, 6.07) is 3.83. The van der Waals surface area contributed by atoms with Crippen LogP contribution in [0, 0.1) is 11.8 Å². The Morgan fingerprint density at radius 1 is 1.41 bits per heavy atom. The number of nitrogens with zero attached hydrogens (tertiary/aromatic N) is 1. The SMILES string of the molecule is CCC1CCC(C(O)c2ncccc2Br)CC1. The molecule has 1 aromatic heterocycles. The van der Waals surface area contributed by atoms with Crippen LogP contribution in [0.5, 0.6) is 0 Å². The van der Waals surface area contributed by atoms with Gasteiger partial charge in [0.05, 0.1) is 11.8 Å². The van der Waals surface area contributed by atoms with Crippen LogP contribution in [0.1, 0.15) is 50.8 Å². The van der Waals surface area contributed by atoms with Crippen LogP contribution in [-0.2, 0) is 0 Å². The summed E-state index contributed by atoms with van der Waals surface area (Å²) in [5, 5.41) is 10.4. The number of hydrogen-bond acceptors (Lipinski definition) is 2. The lowest BCUT2D eigenvalue weighted by Crippen LogP contribution is -2.21. The van der Waals surface area contributed by atoms with Crippen LogP contribution in [0.2, 0.25) is 0 Å². The number of rotatable bonds is 3. The number of pyridine rings is 1. The molecular weight excluding hydrogens is 278 g/mol. The van der Waals surface area contributed by atoms with Gasteiger partial charge >= 0.3 is 0 Å². The molecule has 1 saturated carbocycles. The van der Waals surface area contributed by atoms with Gasteiger partial charge in [0.25, 0.3) is 0 Å². The maximum absolute atomic E-state index is 10.4. The molecule has 0 bridgehead atoms. The lowest BCUT2D eigenvalue weighted by atomic mass is 9.78. The van der Waals surface area contributed by atoms with Crippen LogP contribution in [0.25, 0.3) is 0 Å². The molecule has 2 nitrogen and oxygen atoms in total. The molecule has 1 aliphatic carbocycles. The number of aliphatic hydroxyl groups is 1. The molecule has 2 rings (SSSR count). The first kappa shape index (κ1) is 13.0. The van der Waals surface area contributed by atoms with Crippen molar-refractivity contribution in [3.05, 3.63) is 28.5 Å². The van der Waals surface area contributed by atoms with Gasteiger partial charge in [-0.25, -0.2) is 0 Å². The molecule has 1 unspecified atom stereocenters. The first-order chi connectivity index (χ1) is 8.22. The highest BCUT2D eigenvalue weighted by Gasteiger charge is 2.28. The van der Waals surface area contributed by atoms with E-state index in [0.29, 0.717) is 5.92 Å². The zero-order chi connectivity index (χ0) is 12.3. The van der Waals surface area contributed by atoms with Crippen molar-refractivity contribution < 1.29 is 5.11 Å². The summed E-state index contributed by atoms with van der Waals surface area (Å²) in [5.41, 5.74) is 0.799. The van der Waals surface area contributed by atoms with E-state index in [2.05, 4.69) is 27.8 Å². The molecule has 0 aromatic carbocycles. The van der Waals surface area contributed by atoms with E-state index in [-0.39, 0.29) is 0 Å². The second kappa shape index (κ2) is 5.96. The number of aromatic nitrogens is 1. The van der Waals surface area contributed by atoms with Crippen LogP contribution in [0.4, 0.5) is 0 Å². The number of aliphatic hydroxyl groups excluding tert-OH is 1. The van der Waals surface area contributed by atoms with Crippen LogP contribution in [-0.4, -0.2) is 10.1 Å². The van der Waals surface area contributed by atoms with Crippen molar-refractivity contribution in [2.45, 2.75) is 45.1 Å². The van der Waals surface area contributed by atoms with E-state index >= 15 is 0 Å². The van der Waals surface area contributed by atoms with Crippen molar-refractivity contribution in [2.24, 2.45) is 11.8 Å². The third kappa shape index (κ3) is 3.08. The van der Waals surface area contributed by atoms with Gasteiger partial charge in [0, 0.05) is 10.7 Å². The van der Waals surface area contributed by atoms with Crippen LogP contribution in [0.3, 0.4) is 0 Å². The van der Waals surface area contributed by atoms with E-state index in [1.165, 1.54) is 19.3 Å². The zero-order valence-corrected chi connectivity index (χ0v) is 11.9. The normalized spacial score (nSPS) is 26.8. The molecule has 1 heterocycles. The first-order valence-corrected chi connectivity index (χ1v) is 7.30. The summed E-state index contributed by atoms with van der Waals surface area (Å²) in [7, 11) is 0. The maximum Gasteiger partial charge on any atom is 0.0999 e. The predicted octanol–water partition coefficient (Wildman–Crippen LogP) is 4.09. The van der Waals surface area contributed by atoms with Gasteiger partial charge in [-0.2, -0.15) is 0 Å². The summed E-state index contributed by atoms with van der Waals surface area (Å²) in [6.45, 7) is 2.26. The van der Waals surface area contributed by atoms with Gasteiger partial charge in [0.15, 0.2) is 0 Å². The third-order valence-electron chi connectivity index (χ3n) is 3.98. The Morgan fingerprint density at radius 3 is 2.71 bits per heavy atom. The van der Waals surface area contributed by atoms with Crippen molar-refractivity contribution in [3.63, 3.8) is 0 Å². The predicted molar refractivity (Wildman–Crippen MR) is 72.6 cm³/mol. The van der Waals surface area contributed by atoms with Gasteiger partial charge in [-0.05, 0) is 52.7 Å². The molecule has 1 aliphatic rings. The van der Waals surface area contributed by atoms with Crippen molar-refractivity contribution in [2.75, 3.05) is 0 Å². The Labute approximate surface area is 112 Å². The molecule has 0 radical (unpaired) electrons. The molecule has 1 atom stereocenters. The van der Waals surface area contributed by atoms with Gasteiger partial charge in [0.1, 0.15) is 0 Å². The Kier molecular flexibility index (Phi) is 4.57. The van der Waals surface area contributed by atoms with Crippen molar-refractivity contribution >= 4 is 15.9 Å². The fraction of sp³-hybridized carbons (Fsp3) is 0.643. The summed E-state index contributed by atoms with van der Waals surface area (Å²) in [4.78, 5) is 4.30. The quantitative estimate of drug-likeness (QED) is 0.911. The van der Waals surface area contributed by atoms with Crippen LogP contribution in [0.15, 0.2) is 22.8 Å². The standard InChI is InChI=1S/C14H20BrNO/c1-2-10-5-7-11(8-6-10)14(17)13-12(15)4-3-9-16-13/h3-4,9-11,14,17H,2,5-8H2,1H3. The first-order valence-electron chi connectivity index (χ1n) is 6.50. The lowest BCUT2D eigenvalue weighted by Gasteiger charge is -2.31. The molecule has 1 aromatic rings. The van der Waals surface area contributed by atoms with E-state index in [4.69, 9.17) is 0 Å². The van der Waals surface area contributed by atoms with E-state index in [1.54, 1.807) is 6.20 Å². The molecule has 3 heteroatoms. The highest BCUT2D eigenvalue weighted by atomic mass is 79.9. The lowest BCUT2D eigenvalue weighted by molar-refractivity contribution is 0.0690. The third-order valence-corrected chi connectivity index (χ3v) is 4.65. The molecule has 1 N–H and O–H groups in total. The Hall–Kier alpha value is -0.410. The van der Waals surface area contributed by atoms with Crippen molar-refractivity contribution in [1.29, 1.82) is 0 Å². The summed E-state index contributed by atoms with van der Waals surface area (Å²) in [5.74, 6) is 1.25. The van der Waals surface area contributed by atoms with E-state index in [1.807, 2.05) is 12.1 Å². The largest absolute Gasteiger partial charge is 0.386 e. The Balaban J connectivity index is 2.02. The smallest absolute Gasteiger partial charge is 0.0999 e. The van der Waals surface area contributed by atoms with Gasteiger partial charge in [-0.15, -0.1) is 0 Å². The van der Waals surface area contributed by atoms with E-state index in [9.17, 15) is 5.11 Å². The second-order valence-electron chi connectivity index (χ2n) is 5.00. The summed E-state index contributed by atoms with van der Waals surface area (Å²) < 4.78 is 0.921. The molecule has 94 valence electrons. The van der Waals surface area contributed by atoms with Crippen LogP contribution < -0.4 is 0 Å². The second-order valence-corrected chi connectivity index (χ2v) is 5.86. The average molecular weight is 298 g/mol. The Bertz CT molecular complexity index is 361. The molecule has 17 heavy (non-hydrogen) atoms. The average Bonchev–Trinajstić information content (AvgIpc) is 2.39. The van der Waals surface area contributed by atoms with Crippen molar-refractivity contribution in [3.8, 4) is 0 Å². The van der Waals surface area contributed by atoms with E-state index < -0.39 is 6.10 Å². The highest BCUT2D eigenvalue weighted by molar-refractivity contribution is 9.10.